The van der Waals surface area contributed by atoms with Crippen molar-refractivity contribution in [1.29, 1.82) is 5.26 Å². The Morgan fingerprint density at radius 2 is 2.06 bits per heavy atom. The van der Waals surface area contributed by atoms with Crippen LogP contribution in [0.3, 0.4) is 0 Å². The van der Waals surface area contributed by atoms with Gasteiger partial charge in [-0.05, 0) is 86.0 Å². The third-order valence-electron chi connectivity index (χ3n) is 10.0. The molecule has 0 saturated heterocycles. The number of fused-ring (bicyclic) bond motifs is 7. The second kappa shape index (κ2) is 7.71. The Bertz CT molecular complexity index is 1230. The van der Waals surface area contributed by atoms with Crippen LogP contribution < -0.4 is 5.32 Å². The quantitative estimate of drug-likeness (QED) is 0.541. The van der Waals surface area contributed by atoms with Crippen molar-refractivity contribution in [3.8, 4) is 6.07 Å². The molecule has 3 fully saturated rings. The van der Waals surface area contributed by atoms with E-state index in [2.05, 4.69) is 53.1 Å². The number of rotatable bonds is 2. The van der Waals surface area contributed by atoms with Crippen molar-refractivity contribution in [2.75, 3.05) is 5.32 Å². The maximum atomic E-state index is 13.5. The number of hydrogen-bond donors (Lipinski definition) is 1. The molecular formula is C28H31ClN4O. The molecular weight excluding hydrogens is 444 g/mol. The van der Waals surface area contributed by atoms with Crippen LogP contribution in [-0.4, -0.2) is 15.5 Å². The molecule has 1 aromatic heterocycles. The number of carbonyl (C=O) groups excluding carboxylic acids is 1. The summed E-state index contributed by atoms with van der Waals surface area (Å²) in [4.78, 5) is 18.0. The first kappa shape index (κ1) is 21.9. The summed E-state index contributed by atoms with van der Waals surface area (Å²) in [7, 11) is 0. The number of nitrogens with one attached hydrogen (secondary N) is 1. The van der Waals surface area contributed by atoms with E-state index >= 15 is 0 Å². The predicted molar refractivity (Wildman–Crippen MR) is 133 cm³/mol. The summed E-state index contributed by atoms with van der Waals surface area (Å²) in [6, 6.07) is 7.73. The zero-order valence-corrected chi connectivity index (χ0v) is 20.6. The van der Waals surface area contributed by atoms with Crippen molar-refractivity contribution < 1.29 is 4.79 Å². The number of carbonyl (C=O) groups is 1. The van der Waals surface area contributed by atoms with E-state index in [4.69, 9.17) is 11.6 Å². The average molecular weight is 475 g/mol. The highest BCUT2D eigenvalue weighted by Crippen LogP contribution is 2.67. The molecule has 3 aliphatic carbocycles. The second-order valence-electron chi connectivity index (χ2n) is 11.3. The number of benzene rings is 1. The van der Waals surface area contributed by atoms with Gasteiger partial charge in [-0.3, -0.25) is 4.79 Å². The molecule has 6 rings (SSSR count). The molecule has 1 aliphatic heterocycles. The lowest BCUT2D eigenvalue weighted by Crippen LogP contribution is -2.53. The van der Waals surface area contributed by atoms with E-state index in [0.717, 1.165) is 31.5 Å². The van der Waals surface area contributed by atoms with E-state index in [-0.39, 0.29) is 22.7 Å². The number of hydrogen-bond acceptors (Lipinski definition) is 3. The van der Waals surface area contributed by atoms with E-state index in [1.807, 2.05) is 6.20 Å². The van der Waals surface area contributed by atoms with E-state index in [1.54, 1.807) is 18.2 Å². The molecule has 5 nitrogen and oxygen atoms in total. The predicted octanol–water partition coefficient (Wildman–Crippen LogP) is 6.47. The van der Waals surface area contributed by atoms with Crippen LogP contribution in [-0.2, 0) is 4.79 Å². The van der Waals surface area contributed by atoms with Crippen molar-refractivity contribution >= 4 is 29.3 Å². The molecule has 2 heterocycles. The van der Waals surface area contributed by atoms with Crippen LogP contribution in [0.2, 0.25) is 5.02 Å². The third kappa shape index (κ3) is 3.04. The number of halogens is 1. The van der Waals surface area contributed by atoms with Crippen LogP contribution in [0.1, 0.15) is 69.8 Å². The van der Waals surface area contributed by atoms with E-state index < -0.39 is 0 Å². The summed E-state index contributed by atoms with van der Waals surface area (Å²) in [5.41, 5.74) is 1.13. The number of anilines is 1. The van der Waals surface area contributed by atoms with E-state index in [1.165, 1.54) is 12.8 Å². The Kier molecular flexibility index (Phi) is 4.97. The van der Waals surface area contributed by atoms with Crippen LogP contribution in [0.25, 0.3) is 6.08 Å². The van der Waals surface area contributed by atoms with Gasteiger partial charge >= 0.3 is 0 Å². The fourth-order valence-electron chi connectivity index (χ4n) is 8.38. The Labute approximate surface area is 206 Å². The molecule has 1 N–H and O–H groups in total. The number of aromatic nitrogens is 2. The first-order valence-corrected chi connectivity index (χ1v) is 13.0. The first-order chi connectivity index (χ1) is 16.3. The molecule has 4 aliphatic rings. The van der Waals surface area contributed by atoms with Crippen LogP contribution in [0.4, 0.5) is 5.69 Å². The minimum Gasteiger partial charge on any atom is -0.328 e. The van der Waals surface area contributed by atoms with Crippen molar-refractivity contribution in [1.82, 2.24) is 9.55 Å². The lowest BCUT2D eigenvalue weighted by molar-refractivity contribution is -0.127. The molecule has 0 spiro atoms. The molecule has 1 unspecified atom stereocenters. The van der Waals surface area contributed by atoms with Gasteiger partial charge in [0.25, 0.3) is 0 Å². The smallest absolute Gasteiger partial charge is 0.228 e. The summed E-state index contributed by atoms with van der Waals surface area (Å²) in [5, 5.41) is 13.1. The van der Waals surface area contributed by atoms with Gasteiger partial charge in [-0.2, -0.15) is 5.26 Å². The fraction of sp³-hybridized carbons (Fsp3) is 0.536. The molecule has 34 heavy (non-hydrogen) atoms. The van der Waals surface area contributed by atoms with Gasteiger partial charge in [-0.1, -0.05) is 31.5 Å². The second-order valence-corrected chi connectivity index (χ2v) is 11.8. The van der Waals surface area contributed by atoms with Gasteiger partial charge in [-0.15, -0.1) is 0 Å². The van der Waals surface area contributed by atoms with Gasteiger partial charge in [-0.25, -0.2) is 4.98 Å². The summed E-state index contributed by atoms with van der Waals surface area (Å²) in [6.07, 6.45) is 15.4. The number of allylic oxidation sites excluding steroid dienone is 1. The van der Waals surface area contributed by atoms with Gasteiger partial charge in [0.15, 0.2) is 0 Å². The summed E-state index contributed by atoms with van der Waals surface area (Å²) >= 11 is 6.05. The third-order valence-corrected chi connectivity index (χ3v) is 10.3. The zero-order chi connectivity index (χ0) is 23.7. The monoisotopic (exact) mass is 474 g/mol. The van der Waals surface area contributed by atoms with Crippen LogP contribution in [0.15, 0.2) is 36.7 Å². The number of nitrogens with zero attached hydrogens (tertiary/aromatic N) is 3. The highest BCUT2D eigenvalue weighted by atomic mass is 35.5. The van der Waals surface area contributed by atoms with Crippen LogP contribution in [0, 0.1) is 45.8 Å². The van der Waals surface area contributed by atoms with E-state index in [9.17, 15) is 10.1 Å². The molecule has 7 atom stereocenters. The summed E-state index contributed by atoms with van der Waals surface area (Å²) < 4.78 is 2.40. The lowest BCUT2D eigenvalue weighted by atomic mass is 9.48. The molecule has 6 heteroatoms. The Morgan fingerprint density at radius 3 is 2.88 bits per heavy atom. The number of nitriles is 1. The van der Waals surface area contributed by atoms with Crippen LogP contribution in [0.5, 0.6) is 0 Å². The SMILES string of the molecule is C[C@]12CC[C@H]3[C@@H](CCC4n5ccnc5C=C[C@@]43C)[C@@H]1CC[C@@H]2C(=O)Nc1ccc(Cl)cc1C#N. The standard InChI is InChI=1S/C28H31ClN4O/c1-27-11-9-21-19(4-8-24-28(21,2)12-10-25-31-13-14-33(24)25)20(27)5-6-22(27)26(34)32-23-7-3-18(29)15-17(23)16-30/h3,7,10,12-15,19-22,24H,4-6,8-9,11H2,1-2H3,(H,32,34)/t19-,20-,21-,22+,24?,27-,28+/m0/s1. The molecule has 0 radical (unpaired) electrons. The maximum absolute atomic E-state index is 13.5. The average Bonchev–Trinajstić information content (AvgIpc) is 3.43. The molecule has 1 aromatic carbocycles. The normalized spacial score (nSPS) is 37.6. The first-order valence-electron chi connectivity index (χ1n) is 12.6. The minimum absolute atomic E-state index is 0.00618. The van der Waals surface area contributed by atoms with Crippen molar-refractivity contribution in [2.24, 2.45) is 34.5 Å². The van der Waals surface area contributed by atoms with Gasteiger partial charge in [0.2, 0.25) is 5.91 Å². The molecule has 1 amide bonds. The van der Waals surface area contributed by atoms with Gasteiger partial charge in [0.1, 0.15) is 11.9 Å². The van der Waals surface area contributed by atoms with Crippen molar-refractivity contribution in [3.63, 3.8) is 0 Å². The van der Waals surface area contributed by atoms with E-state index in [0.29, 0.717) is 40.1 Å². The Morgan fingerprint density at radius 1 is 1.21 bits per heavy atom. The highest BCUT2D eigenvalue weighted by Gasteiger charge is 2.61. The summed E-state index contributed by atoms with van der Waals surface area (Å²) in [6.45, 7) is 4.82. The number of imidazole rings is 1. The topological polar surface area (TPSA) is 70.7 Å². The van der Waals surface area contributed by atoms with Gasteiger partial charge < -0.3 is 9.88 Å². The fourth-order valence-corrected chi connectivity index (χ4v) is 8.56. The van der Waals surface area contributed by atoms with Crippen LogP contribution >= 0.6 is 11.6 Å². The van der Waals surface area contributed by atoms with Gasteiger partial charge in [0, 0.05) is 34.8 Å². The number of amides is 1. The molecule has 0 bridgehead atoms. The minimum atomic E-state index is -0.0200. The van der Waals surface area contributed by atoms with Crippen molar-refractivity contribution in [3.05, 3.63) is 53.1 Å². The molecule has 3 saturated carbocycles. The Hall–Kier alpha value is -2.58. The maximum Gasteiger partial charge on any atom is 0.228 e. The van der Waals surface area contributed by atoms with Gasteiger partial charge in [0.05, 0.1) is 11.3 Å². The summed E-state index contributed by atoms with van der Waals surface area (Å²) in [5.74, 6) is 2.98. The highest BCUT2D eigenvalue weighted by molar-refractivity contribution is 6.30. The zero-order valence-electron chi connectivity index (χ0n) is 19.8. The Balaban J connectivity index is 1.25. The molecule has 2 aromatic rings. The van der Waals surface area contributed by atoms with Crippen molar-refractivity contribution in [2.45, 2.75) is 58.4 Å². The largest absolute Gasteiger partial charge is 0.328 e. The lowest BCUT2D eigenvalue weighted by Gasteiger charge is -2.59. The molecule has 176 valence electrons.